The number of hydrogen-bond donors (Lipinski definition) is 4. The van der Waals surface area contributed by atoms with Crippen molar-refractivity contribution in [1.29, 1.82) is 0 Å². The summed E-state index contributed by atoms with van der Waals surface area (Å²) in [6.45, 7) is 0. The summed E-state index contributed by atoms with van der Waals surface area (Å²) in [5.74, 6) is -0.297. The van der Waals surface area contributed by atoms with Crippen LogP contribution in [0, 0.1) is 0 Å². The van der Waals surface area contributed by atoms with Gasteiger partial charge in [-0.15, -0.1) is 0 Å². The van der Waals surface area contributed by atoms with Crippen molar-refractivity contribution in [2.45, 2.75) is 10.5 Å². The van der Waals surface area contributed by atoms with E-state index in [1.54, 1.807) is 0 Å². The van der Waals surface area contributed by atoms with Crippen LogP contribution in [0.25, 0.3) is 0 Å². The molecule has 0 aliphatic carbocycles. The van der Waals surface area contributed by atoms with Crippen LogP contribution in [0.2, 0.25) is 0 Å². The fraction of sp³-hybridized carbons (Fsp3) is 1.00. The molecule has 0 saturated heterocycles. The summed E-state index contributed by atoms with van der Waals surface area (Å²) >= 11 is 15.0. The Balaban J connectivity index is -0.000000256. The van der Waals surface area contributed by atoms with E-state index in [-0.39, 0.29) is 17.1 Å². The van der Waals surface area contributed by atoms with Crippen LogP contribution in [0.1, 0.15) is 0 Å². The smallest absolute Gasteiger partial charge is 0.748 e. The van der Waals surface area contributed by atoms with Crippen molar-refractivity contribution in [3.63, 3.8) is 0 Å². The molecule has 6 nitrogen and oxygen atoms in total. The molecule has 118 valence electrons. The van der Waals surface area contributed by atoms with Crippen LogP contribution < -0.4 is 0 Å². The molecule has 2 unspecified atom stereocenters. The molecule has 0 saturated carbocycles. The summed E-state index contributed by atoms with van der Waals surface area (Å²) in [6.07, 6.45) is 0. The molecule has 0 fully saturated rings. The molecule has 0 heterocycles. The van der Waals surface area contributed by atoms with Gasteiger partial charge in [-0.1, -0.05) is 0 Å². The Bertz CT molecular complexity index is 368. The van der Waals surface area contributed by atoms with Crippen molar-refractivity contribution in [2.24, 2.45) is 0 Å². The van der Waals surface area contributed by atoms with Crippen LogP contribution in [-0.2, 0) is 37.3 Å². The van der Waals surface area contributed by atoms with E-state index in [9.17, 15) is 25.9 Å². The van der Waals surface area contributed by atoms with Crippen LogP contribution >= 0.6 is 50.5 Å². The summed E-state index contributed by atoms with van der Waals surface area (Å²) in [5.41, 5.74) is 0. The van der Waals surface area contributed by atoms with Crippen LogP contribution in [0.3, 0.4) is 0 Å². The number of hydrogen-bond acceptors (Lipinski definition) is 10. The minimum Gasteiger partial charge on any atom is -0.748 e. The predicted octanol–water partition coefficient (Wildman–Crippen LogP) is -0.483. The molecular formula is C6H14FeO6S6. The van der Waals surface area contributed by atoms with Gasteiger partial charge in [0, 0.05) is 22.0 Å². The Hall–Kier alpha value is 1.74. The van der Waals surface area contributed by atoms with E-state index in [1.165, 1.54) is 0 Å². The molecular weight excluding hydrogens is 416 g/mol. The van der Waals surface area contributed by atoms with E-state index in [4.69, 9.17) is 0 Å². The van der Waals surface area contributed by atoms with Gasteiger partial charge in [-0.2, -0.15) is 50.5 Å². The first-order chi connectivity index (χ1) is 7.91. The van der Waals surface area contributed by atoms with Crippen LogP contribution in [0.5, 0.6) is 0 Å². The van der Waals surface area contributed by atoms with Crippen molar-refractivity contribution in [3.05, 3.63) is 0 Å². The minimum absolute atomic E-state index is 0. The van der Waals surface area contributed by atoms with E-state index in [0.29, 0.717) is 11.5 Å². The zero-order valence-corrected chi connectivity index (χ0v) is 15.7. The van der Waals surface area contributed by atoms with Crippen molar-refractivity contribution >= 4 is 70.8 Å². The molecule has 0 N–H and O–H groups in total. The van der Waals surface area contributed by atoms with E-state index < -0.39 is 42.2 Å². The Morgan fingerprint density at radius 3 is 1.05 bits per heavy atom. The topological polar surface area (TPSA) is 114 Å². The molecule has 13 heteroatoms. The Morgan fingerprint density at radius 2 is 1.00 bits per heavy atom. The first-order valence-electron chi connectivity index (χ1n) is 4.36. The normalized spacial score (nSPS) is 14.6. The first-order valence-corrected chi connectivity index (χ1v) is 9.81. The molecule has 0 rings (SSSR count). The quantitative estimate of drug-likeness (QED) is 0.257. The minimum atomic E-state index is -4.11. The molecule has 0 radical (unpaired) electrons. The summed E-state index contributed by atoms with van der Waals surface area (Å²) in [7, 11) is -8.22. The van der Waals surface area contributed by atoms with Gasteiger partial charge in [0.15, 0.2) is 0 Å². The maximum absolute atomic E-state index is 9.96. The molecule has 0 amide bonds. The van der Waals surface area contributed by atoms with Crippen molar-refractivity contribution in [1.82, 2.24) is 0 Å². The Kier molecular flexibility index (Phi) is 16.6. The first kappa shape index (κ1) is 25.7. The Morgan fingerprint density at radius 1 is 0.789 bits per heavy atom. The standard InChI is InChI=1S/2C3H8O3S3.Fe/c2*4-9(5,6)2-3(8)1-7;/h2*3,7-8H,1-2H2,(H,4,5,6);/q;;+2/p-2. The van der Waals surface area contributed by atoms with Gasteiger partial charge < -0.3 is 9.11 Å². The monoisotopic (exact) mass is 430 g/mol. The fourth-order valence-corrected chi connectivity index (χ4v) is 3.46. The summed E-state index contributed by atoms with van der Waals surface area (Å²) in [4.78, 5) is 0. The van der Waals surface area contributed by atoms with Gasteiger partial charge in [-0.25, -0.2) is 16.8 Å². The van der Waals surface area contributed by atoms with E-state index in [1.807, 2.05) is 0 Å². The maximum Gasteiger partial charge on any atom is 2.00 e. The average Bonchev–Trinajstić information content (AvgIpc) is 2.13. The van der Waals surface area contributed by atoms with Crippen LogP contribution in [0.15, 0.2) is 0 Å². The third kappa shape index (κ3) is 25.1. The molecule has 0 aromatic heterocycles. The Labute approximate surface area is 146 Å². The molecule has 0 aromatic rings. The zero-order valence-electron chi connectivity index (χ0n) is 9.39. The van der Waals surface area contributed by atoms with Crippen molar-refractivity contribution in [2.75, 3.05) is 23.0 Å². The second-order valence-corrected chi connectivity index (χ2v) is 8.21. The van der Waals surface area contributed by atoms with E-state index >= 15 is 0 Å². The number of rotatable bonds is 6. The third-order valence-corrected chi connectivity index (χ3v) is 5.52. The molecule has 0 aliphatic heterocycles. The van der Waals surface area contributed by atoms with Crippen LogP contribution in [0.4, 0.5) is 0 Å². The number of thiol groups is 4. The second kappa shape index (κ2) is 12.3. The summed E-state index contributed by atoms with van der Waals surface area (Å²) in [6, 6.07) is 0. The van der Waals surface area contributed by atoms with Gasteiger partial charge >= 0.3 is 17.1 Å². The maximum atomic E-state index is 9.96. The predicted molar refractivity (Wildman–Crippen MR) is 82.4 cm³/mol. The van der Waals surface area contributed by atoms with Gasteiger partial charge in [0.05, 0.1) is 31.7 Å². The zero-order chi connectivity index (χ0) is 15.0. The summed E-state index contributed by atoms with van der Waals surface area (Å²) < 4.78 is 59.8. The van der Waals surface area contributed by atoms with Gasteiger partial charge in [-0.05, 0) is 0 Å². The second-order valence-electron chi connectivity index (χ2n) is 3.12. The van der Waals surface area contributed by atoms with Gasteiger partial charge in [0.1, 0.15) is 0 Å². The van der Waals surface area contributed by atoms with Crippen molar-refractivity contribution < 1.29 is 43.0 Å². The molecule has 0 spiro atoms. The summed E-state index contributed by atoms with van der Waals surface area (Å²) in [5, 5.41) is -0.897. The molecule has 0 aromatic carbocycles. The fourth-order valence-electron chi connectivity index (χ4n) is 0.577. The van der Waals surface area contributed by atoms with E-state index in [0.717, 1.165) is 0 Å². The van der Waals surface area contributed by atoms with Gasteiger partial charge in [0.2, 0.25) is 0 Å². The molecule has 0 aliphatic rings. The molecule has 2 atom stereocenters. The van der Waals surface area contributed by atoms with Gasteiger partial charge in [-0.3, -0.25) is 0 Å². The average molecular weight is 430 g/mol. The molecule has 19 heavy (non-hydrogen) atoms. The van der Waals surface area contributed by atoms with Gasteiger partial charge in [0.25, 0.3) is 0 Å². The largest absolute Gasteiger partial charge is 2.00 e. The SMILES string of the molecule is O=S(=O)([O-])CC(S)CS.O=S(=O)([O-])CC(S)CS.[Fe+2]. The molecule has 0 bridgehead atoms. The third-order valence-electron chi connectivity index (χ3n) is 1.21. The van der Waals surface area contributed by atoms with E-state index in [2.05, 4.69) is 50.5 Å². The van der Waals surface area contributed by atoms with Crippen LogP contribution in [-0.4, -0.2) is 59.5 Å². The van der Waals surface area contributed by atoms with Crippen molar-refractivity contribution in [3.8, 4) is 0 Å².